The summed E-state index contributed by atoms with van der Waals surface area (Å²) in [6, 6.07) is 9.21. The molecule has 2 aromatic rings. The van der Waals surface area contributed by atoms with Crippen LogP contribution in [0.4, 0.5) is 0 Å². The molecule has 0 spiro atoms. The Balaban J connectivity index is 2.06. The maximum atomic E-state index is 12.5. The summed E-state index contributed by atoms with van der Waals surface area (Å²) in [6.45, 7) is 5.13. The first-order chi connectivity index (χ1) is 11.5. The van der Waals surface area contributed by atoms with Gasteiger partial charge in [-0.15, -0.1) is 11.3 Å². The minimum Gasteiger partial charge on any atom is -0.354 e. The summed E-state index contributed by atoms with van der Waals surface area (Å²) in [5.41, 5.74) is 5.45. The molecule has 0 aliphatic rings. The van der Waals surface area contributed by atoms with Crippen molar-refractivity contribution in [2.75, 3.05) is 13.1 Å². The number of carbonyl (C=O) groups is 2. The van der Waals surface area contributed by atoms with E-state index in [0.717, 1.165) is 16.5 Å². The van der Waals surface area contributed by atoms with Gasteiger partial charge in [-0.05, 0) is 42.8 Å². The summed E-state index contributed by atoms with van der Waals surface area (Å²) >= 11 is 1.44. The molecular weight excluding hydrogens is 322 g/mol. The van der Waals surface area contributed by atoms with Crippen molar-refractivity contribution in [2.24, 2.45) is 11.7 Å². The molecule has 1 heterocycles. The van der Waals surface area contributed by atoms with Gasteiger partial charge in [0, 0.05) is 11.2 Å². The highest BCUT2D eigenvalue weighted by molar-refractivity contribution is 7.20. The van der Waals surface area contributed by atoms with Crippen LogP contribution in [-0.2, 0) is 4.79 Å². The maximum absolute atomic E-state index is 12.5. The molecule has 1 aromatic heterocycles. The molecule has 0 saturated heterocycles. The van der Waals surface area contributed by atoms with Gasteiger partial charge in [-0.25, -0.2) is 0 Å². The van der Waals surface area contributed by atoms with E-state index in [4.69, 9.17) is 5.73 Å². The maximum Gasteiger partial charge on any atom is 0.262 e. The number of nitrogens with two attached hydrogens (primary N) is 1. The quantitative estimate of drug-likeness (QED) is 0.642. The van der Waals surface area contributed by atoms with E-state index in [1.807, 2.05) is 44.2 Å². The van der Waals surface area contributed by atoms with Crippen molar-refractivity contribution < 1.29 is 9.59 Å². The average molecular weight is 347 g/mol. The molecule has 4 N–H and O–H groups in total. The fraction of sp³-hybridized carbons (Fsp3) is 0.444. The Bertz CT molecular complexity index is 663. The molecule has 24 heavy (non-hydrogen) atoms. The van der Waals surface area contributed by atoms with Crippen molar-refractivity contribution in [1.82, 2.24) is 10.6 Å². The highest BCUT2D eigenvalue weighted by Crippen LogP contribution is 2.25. The Morgan fingerprint density at radius 3 is 2.67 bits per heavy atom. The first kappa shape index (κ1) is 18.4. The van der Waals surface area contributed by atoms with Crippen LogP contribution >= 0.6 is 11.3 Å². The third kappa shape index (κ3) is 5.04. The van der Waals surface area contributed by atoms with Crippen molar-refractivity contribution in [1.29, 1.82) is 0 Å². The van der Waals surface area contributed by atoms with Gasteiger partial charge in [0.15, 0.2) is 0 Å². The minimum atomic E-state index is -0.527. The Morgan fingerprint density at radius 2 is 2.00 bits per heavy atom. The van der Waals surface area contributed by atoms with Crippen LogP contribution in [0.5, 0.6) is 0 Å². The van der Waals surface area contributed by atoms with E-state index in [9.17, 15) is 9.59 Å². The summed E-state index contributed by atoms with van der Waals surface area (Å²) in [7, 11) is 0. The van der Waals surface area contributed by atoms with Crippen LogP contribution in [0.15, 0.2) is 30.3 Å². The number of hydrogen-bond donors (Lipinski definition) is 3. The first-order valence-electron chi connectivity index (χ1n) is 8.28. The average Bonchev–Trinajstić information content (AvgIpc) is 2.98. The highest BCUT2D eigenvalue weighted by atomic mass is 32.1. The second-order valence-electron chi connectivity index (χ2n) is 6.24. The molecule has 1 atom stereocenters. The molecule has 0 fully saturated rings. The number of carbonyl (C=O) groups excluding carboxylic acids is 2. The molecule has 130 valence electrons. The summed E-state index contributed by atoms with van der Waals surface area (Å²) < 4.78 is 1.07. The van der Waals surface area contributed by atoms with Crippen LogP contribution < -0.4 is 16.4 Å². The van der Waals surface area contributed by atoms with Gasteiger partial charge in [0.1, 0.15) is 6.04 Å². The molecule has 0 bridgehead atoms. The van der Waals surface area contributed by atoms with Crippen LogP contribution in [0.25, 0.3) is 10.1 Å². The highest BCUT2D eigenvalue weighted by Gasteiger charge is 2.23. The van der Waals surface area contributed by atoms with Crippen molar-refractivity contribution in [3.05, 3.63) is 35.2 Å². The van der Waals surface area contributed by atoms with Gasteiger partial charge >= 0.3 is 0 Å². The second-order valence-corrected chi connectivity index (χ2v) is 7.32. The number of rotatable bonds is 8. The topological polar surface area (TPSA) is 84.2 Å². The van der Waals surface area contributed by atoms with E-state index in [0.29, 0.717) is 30.3 Å². The first-order valence-corrected chi connectivity index (χ1v) is 9.10. The lowest BCUT2D eigenvalue weighted by atomic mass is 10.0. The molecule has 0 radical (unpaired) electrons. The fourth-order valence-electron chi connectivity index (χ4n) is 2.46. The summed E-state index contributed by atoms with van der Waals surface area (Å²) in [5.74, 6) is -0.0413. The van der Waals surface area contributed by atoms with Crippen molar-refractivity contribution in [2.45, 2.75) is 32.7 Å². The Hall–Kier alpha value is -1.92. The molecule has 0 aliphatic heterocycles. The molecule has 2 amide bonds. The van der Waals surface area contributed by atoms with E-state index in [2.05, 4.69) is 10.6 Å². The van der Waals surface area contributed by atoms with Crippen LogP contribution in [0.2, 0.25) is 0 Å². The third-order valence-electron chi connectivity index (χ3n) is 3.66. The van der Waals surface area contributed by atoms with Crippen molar-refractivity contribution >= 4 is 33.2 Å². The largest absolute Gasteiger partial charge is 0.354 e. The molecule has 1 aromatic carbocycles. The third-order valence-corrected chi connectivity index (χ3v) is 4.77. The minimum absolute atomic E-state index is 0.147. The molecular formula is C18H25N3O2S. The molecule has 0 aliphatic carbocycles. The predicted octanol–water partition coefficient (Wildman–Crippen LogP) is 2.51. The summed E-state index contributed by atoms with van der Waals surface area (Å²) in [6.07, 6.45) is 1.33. The van der Waals surface area contributed by atoms with E-state index >= 15 is 0 Å². The number of nitrogens with one attached hydrogen (secondary N) is 2. The number of thiophene rings is 1. The van der Waals surface area contributed by atoms with Crippen LogP contribution in [0.3, 0.4) is 0 Å². The number of amides is 2. The lowest BCUT2D eigenvalue weighted by Gasteiger charge is -2.19. The molecule has 2 rings (SSSR count). The van der Waals surface area contributed by atoms with E-state index in [1.165, 1.54) is 11.3 Å². The zero-order valence-corrected chi connectivity index (χ0v) is 15.0. The van der Waals surface area contributed by atoms with Gasteiger partial charge in [-0.2, -0.15) is 0 Å². The van der Waals surface area contributed by atoms with Crippen LogP contribution in [0, 0.1) is 5.92 Å². The standard InChI is InChI=1S/C18H25N3O2S/c1-12(2)10-14(17(22)20-9-5-8-19)21-18(23)16-11-13-6-3-4-7-15(13)24-16/h3-4,6-7,11-12,14H,5,8-10,19H2,1-2H3,(H,20,22)(H,21,23)/t14-/m0/s1. The number of fused-ring (bicyclic) bond motifs is 1. The van der Waals surface area contributed by atoms with Gasteiger partial charge in [0.25, 0.3) is 5.91 Å². The normalized spacial score (nSPS) is 12.3. The number of benzene rings is 1. The summed E-state index contributed by atoms with van der Waals surface area (Å²) in [5, 5.41) is 6.76. The van der Waals surface area contributed by atoms with Gasteiger partial charge in [-0.1, -0.05) is 32.0 Å². The van der Waals surface area contributed by atoms with E-state index < -0.39 is 6.04 Å². The Morgan fingerprint density at radius 1 is 1.25 bits per heavy atom. The summed E-state index contributed by atoms with van der Waals surface area (Å²) in [4.78, 5) is 25.5. The lowest BCUT2D eigenvalue weighted by Crippen LogP contribution is -2.47. The Kier molecular flexibility index (Phi) is 6.75. The zero-order valence-electron chi connectivity index (χ0n) is 14.2. The molecule has 6 heteroatoms. The van der Waals surface area contributed by atoms with Gasteiger partial charge < -0.3 is 16.4 Å². The SMILES string of the molecule is CC(C)C[C@H](NC(=O)c1cc2ccccc2s1)C(=O)NCCCN. The number of hydrogen-bond acceptors (Lipinski definition) is 4. The van der Waals surface area contributed by atoms with Crippen LogP contribution in [0.1, 0.15) is 36.4 Å². The predicted molar refractivity (Wildman–Crippen MR) is 99.2 cm³/mol. The molecule has 0 unspecified atom stereocenters. The van der Waals surface area contributed by atoms with E-state index in [-0.39, 0.29) is 11.8 Å². The van der Waals surface area contributed by atoms with Crippen molar-refractivity contribution in [3.63, 3.8) is 0 Å². The Labute approximate surface area is 146 Å². The van der Waals surface area contributed by atoms with Gasteiger partial charge in [0.2, 0.25) is 5.91 Å². The van der Waals surface area contributed by atoms with Gasteiger partial charge in [-0.3, -0.25) is 9.59 Å². The monoisotopic (exact) mass is 347 g/mol. The second kappa shape index (κ2) is 8.80. The lowest BCUT2D eigenvalue weighted by molar-refractivity contribution is -0.123. The zero-order chi connectivity index (χ0) is 17.5. The molecule has 0 saturated carbocycles. The van der Waals surface area contributed by atoms with Crippen LogP contribution in [-0.4, -0.2) is 30.9 Å². The van der Waals surface area contributed by atoms with Crippen molar-refractivity contribution in [3.8, 4) is 0 Å². The molecule has 5 nitrogen and oxygen atoms in total. The van der Waals surface area contributed by atoms with E-state index in [1.54, 1.807) is 0 Å². The smallest absolute Gasteiger partial charge is 0.262 e. The van der Waals surface area contributed by atoms with Gasteiger partial charge in [0.05, 0.1) is 4.88 Å². The fourth-order valence-corrected chi connectivity index (χ4v) is 3.43.